The molecule has 1 N–H and O–H groups in total. The SMILES string of the molecule is OCc1ccccc1.[Cl][Au]. The molecule has 1 nitrogen and oxygen atoms in total. The van der Waals surface area contributed by atoms with Crippen LogP contribution in [0.4, 0.5) is 0 Å². The van der Waals surface area contributed by atoms with Crippen LogP contribution in [0.3, 0.4) is 0 Å². The summed E-state index contributed by atoms with van der Waals surface area (Å²) < 4.78 is 0. The van der Waals surface area contributed by atoms with Crippen LogP contribution in [-0.2, 0) is 26.6 Å². The van der Waals surface area contributed by atoms with E-state index in [0.717, 1.165) is 5.56 Å². The van der Waals surface area contributed by atoms with Crippen molar-refractivity contribution in [1.82, 2.24) is 0 Å². The summed E-state index contributed by atoms with van der Waals surface area (Å²) in [4.78, 5) is 0. The molecule has 0 amide bonds. The van der Waals surface area contributed by atoms with E-state index >= 15 is 0 Å². The fourth-order valence-corrected chi connectivity index (χ4v) is 0.583. The Labute approximate surface area is 76.8 Å². The molecule has 10 heavy (non-hydrogen) atoms. The van der Waals surface area contributed by atoms with Gasteiger partial charge in [-0.15, -0.1) is 0 Å². The maximum atomic E-state index is 8.54. The molecule has 1 aromatic carbocycles. The standard InChI is InChI=1S/C7H8O.Au.ClH/c8-6-7-4-2-1-3-5-7;;/h1-5,8H,6H2;;1H/q;+1;/p-1. The van der Waals surface area contributed by atoms with Crippen molar-refractivity contribution in [1.29, 1.82) is 0 Å². The van der Waals surface area contributed by atoms with E-state index in [-0.39, 0.29) is 6.61 Å². The van der Waals surface area contributed by atoms with Crippen molar-refractivity contribution in [3.05, 3.63) is 35.9 Å². The van der Waals surface area contributed by atoms with Gasteiger partial charge in [-0.3, -0.25) is 0 Å². The molecule has 60 valence electrons. The number of halogens is 1. The normalized spacial score (nSPS) is 8.00. The van der Waals surface area contributed by atoms with E-state index in [1.807, 2.05) is 30.3 Å². The second-order valence-electron chi connectivity index (χ2n) is 1.64. The van der Waals surface area contributed by atoms with E-state index in [1.54, 1.807) is 20.0 Å². The van der Waals surface area contributed by atoms with Crippen LogP contribution in [0.1, 0.15) is 5.56 Å². The van der Waals surface area contributed by atoms with Gasteiger partial charge in [0.1, 0.15) is 0 Å². The average molecular weight is 341 g/mol. The predicted molar refractivity (Wildman–Crippen MR) is 38.2 cm³/mol. The van der Waals surface area contributed by atoms with Crippen molar-refractivity contribution >= 4 is 9.19 Å². The summed E-state index contributed by atoms with van der Waals surface area (Å²) in [5.41, 5.74) is 0.965. The molecule has 0 saturated carbocycles. The Hall–Kier alpha value is 0.210. The molecule has 0 heterocycles. The number of aliphatic hydroxyl groups excluding tert-OH is 1. The molecule has 0 bridgehead atoms. The van der Waals surface area contributed by atoms with Crippen molar-refractivity contribution in [2.45, 2.75) is 6.61 Å². The van der Waals surface area contributed by atoms with E-state index < -0.39 is 0 Å². The molecule has 0 radical (unpaired) electrons. The second-order valence-corrected chi connectivity index (χ2v) is 1.64. The summed E-state index contributed by atoms with van der Waals surface area (Å²) in [5.74, 6) is 0. The topological polar surface area (TPSA) is 20.2 Å². The van der Waals surface area contributed by atoms with Gasteiger partial charge in [-0.25, -0.2) is 0 Å². The fraction of sp³-hybridized carbons (Fsp3) is 0.143. The van der Waals surface area contributed by atoms with E-state index in [1.165, 1.54) is 0 Å². The summed E-state index contributed by atoms with van der Waals surface area (Å²) in [5, 5.41) is 8.54. The van der Waals surface area contributed by atoms with Gasteiger partial charge in [0.15, 0.2) is 0 Å². The Morgan fingerprint density at radius 1 is 1.20 bits per heavy atom. The molecule has 0 spiro atoms. The Bertz CT molecular complexity index is 155. The van der Waals surface area contributed by atoms with Crippen LogP contribution in [0.2, 0.25) is 0 Å². The van der Waals surface area contributed by atoms with Gasteiger partial charge >= 0.3 is 29.2 Å². The molecule has 0 saturated heterocycles. The second kappa shape index (κ2) is 7.32. The van der Waals surface area contributed by atoms with Crippen LogP contribution in [0.15, 0.2) is 30.3 Å². The Balaban J connectivity index is 0.000000371. The van der Waals surface area contributed by atoms with E-state index in [9.17, 15) is 0 Å². The summed E-state index contributed by atoms with van der Waals surface area (Å²) in [7, 11) is 4.58. The molecular weight excluding hydrogens is 332 g/mol. The van der Waals surface area contributed by atoms with Gasteiger partial charge in [0.05, 0.1) is 6.61 Å². The maximum absolute atomic E-state index is 8.54. The van der Waals surface area contributed by atoms with Crippen molar-refractivity contribution in [2.75, 3.05) is 0 Å². The Morgan fingerprint density at radius 2 is 1.70 bits per heavy atom. The zero-order valence-corrected chi connectivity index (χ0v) is 8.14. The van der Waals surface area contributed by atoms with E-state index in [0.29, 0.717) is 0 Å². The predicted octanol–water partition coefficient (Wildman–Crippen LogP) is 1.87. The third kappa shape index (κ3) is 4.09. The zero-order valence-electron chi connectivity index (χ0n) is 5.22. The van der Waals surface area contributed by atoms with Crippen molar-refractivity contribution in [3.63, 3.8) is 0 Å². The number of hydrogen-bond donors (Lipinski definition) is 1. The minimum atomic E-state index is 0.140. The van der Waals surface area contributed by atoms with Gasteiger partial charge in [-0.05, 0) is 5.56 Å². The number of hydrogen-bond acceptors (Lipinski definition) is 1. The minimum absolute atomic E-state index is 0.140. The summed E-state index contributed by atoms with van der Waals surface area (Å²) in [6, 6.07) is 9.52. The molecule has 0 aliphatic heterocycles. The van der Waals surface area contributed by atoms with Gasteiger partial charge in [0, 0.05) is 0 Å². The van der Waals surface area contributed by atoms with Crippen molar-refractivity contribution in [3.8, 4) is 0 Å². The van der Waals surface area contributed by atoms with Crippen LogP contribution in [0, 0.1) is 0 Å². The Kier molecular flexibility index (Phi) is 7.47. The molecule has 0 aliphatic carbocycles. The third-order valence-corrected chi connectivity index (χ3v) is 1.03. The van der Waals surface area contributed by atoms with Gasteiger partial charge in [0.2, 0.25) is 0 Å². The molecule has 0 aliphatic rings. The number of benzene rings is 1. The first kappa shape index (κ1) is 10.2. The summed E-state index contributed by atoms with van der Waals surface area (Å²) in [6.07, 6.45) is 0. The molecular formula is C7H8AuClO. The summed E-state index contributed by atoms with van der Waals surface area (Å²) in [6.45, 7) is 0.140. The molecule has 0 aromatic heterocycles. The van der Waals surface area contributed by atoms with Crippen molar-refractivity contribution in [2.24, 2.45) is 0 Å². The van der Waals surface area contributed by atoms with Crippen LogP contribution >= 0.6 is 9.19 Å². The summed E-state index contributed by atoms with van der Waals surface area (Å²) >= 11 is 1.75. The number of rotatable bonds is 1. The monoisotopic (exact) mass is 340 g/mol. The molecule has 1 rings (SSSR count). The fourth-order valence-electron chi connectivity index (χ4n) is 0.583. The first-order valence-electron chi connectivity index (χ1n) is 2.69. The van der Waals surface area contributed by atoms with E-state index in [2.05, 4.69) is 9.19 Å². The van der Waals surface area contributed by atoms with Gasteiger partial charge in [0.25, 0.3) is 0 Å². The first-order chi connectivity index (χ1) is 4.93. The third-order valence-electron chi connectivity index (χ3n) is 1.03. The van der Waals surface area contributed by atoms with E-state index in [4.69, 9.17) is 5.11 Å². The molecule has 0 fully saturated rings. The van der Waals surface area contributed by atoms with Crippen LogP contribution in [0.25, 0.3) is 0 Å². The molecule has 0 atom stereocenters. The Morgan fingerprint density at radius 3 is 2.00 bits per heavy atom. The van der Waals surface area contributed by atoms with Crippen LogP contribution in [0.5, 0.6) is 0 Å². The first-order valence-corrected chi connectivity index (χ1v) is 5.38. The van der Waals surface area contributed by atoms with Gasteiger partial charge in [-0.1, -0.05) is 30.3 Å². The average Bonchev–Trinajstić information content (AvgIpc) is 2.10. The van der Waals surface area contributed by atoms with Crippen LogP contribution in [-0.4, -0.2) is 5.11 Å². The van der Waals surface area contributed by atoms with Gasteiger partial charge in [-0.2, -0.15) is 0 Å². The zero-order chi connectivity index (χ0) is 7.82. The molecule has 3 heteroatoms. The molecule has 1 aromatic rings. The quantitative estimate of drug-likeness (QED) is 0.774. The van der Waals surface area contributed by atoms with Gasteiger partial charge < -0.3 is 5.11 Å². The van der Waals surface area contributed by atoms with Crippen molar-refractivity contribution < 1.29 is 25.1 Å². The number of aliphatic hydroxyl groups is 1. The molecule has 0 unspecified atom stereocenters. The van der Waals surface area contributed by atoms with Crippen LogP contribution < -0.4 is 0 Å².